The molecule has 17 heavy (non-hydrogen) atoms. The summed E-state index contributed by atoms with van der Waals surface area (Å²) in [6, 6.07) is 2.88. The molecule has 1 aromatic carbocycles. The summed E-state index contributed by atoms with van der Waals surface area (Å²) < 4.78 is 27.2. The molecule has 3 N–H and O–H groups in total. The molecule has 0 heterocycles. The number of thiocarbonyl (C=S) groups is 1. The fourth-order valence-electron chi connectivity index (χ4n) is 1.83. The van der Waals surface area contributed by atoms with E-state index in [4.69, 9.17) is 5.73 Å². The first-order valence-corrected chi connectivity index (χ1v) is 6.02. The summed E-state index contributed by atoms with van der Waals surface area (Å²) in [6.07, 6.45) is 3.54. The minimum atomic E-state index is -0.976. The van der Waals surface area contributed by atoms with Crippen molar-refractivity contribution in [2.24, 2.45) is 11.7 Å². The first kappa shape index (κ1) is 12.2. The van der Waals surface area contributed by atoms with Crippen LogP contribution in [0.2, 0.25) is 0 Å². The maximum Gasteiger partial charge on any atom is 0.182 e. The van der Waals surface area contributed by atoms with Gasteiger partial charge in [-0.25, -0.2) is 8.78 Å². The first-order chi connectivity index (χ1) is 8.09. The summed E-state index contributed by atoms with van der Waals surface area (Å²) in [7, 11) is 0. The molecule has 0 aliphatic heterocycles. The van der Waals surface area contributed by atoms with Crippen molar-refractivity contribution in [3.8, 4) is 0 Å². The fraction of sp³-hybridized carbons (Fsp3) is 0.417. The lowest BCUT2D eigenvalue weighted by molar-refractivity contribution is 0.333. The molecular formula is C12H14F2N2S. The van der Waals surface area contributed by atoms with Crippen molar-refractivity contribution in [2.75, 3.05) is 11.9 Å². The Hall–Kier alpha value is -1.23. The van der Waals surface area contributed by atoms with Crippen LogP contribution in [0.15, 0.2) is 12.1 Å². The van der Waals surface area contributed by atoms with Crippen LogP contribution < -0.4 is 11.1 Å². The summed E-state index contributed by atoms with van der Waals surface area (Å²) in [5.41, 5.74) is 5.42. The zero-order valence-electron chi connectivity index (χ0n) is 9.30. The molecule has 5 heteroatoms. The number of anilines is 1. The van der Waals surface area contributed by atoms with E-state index in [0.717, 1.165) is 12.8 Å². The summed E-state index contributed by atoms with van der Waals surface area (Å²) in [5, 5.41) is 2.92. The zero-order valence-corrected chi connectivity index (χ0v) is 10.1. The van der Waals surface area contributed by atoms with Crippen LogP contribution in [0.5, 0.6) is 0 Å². The predicted octanol–water partition coefficient (Wildman–Crippen LogP) is 2.81. The highest BCUT2D eigenvalue weighted by Gasteiger charge is 2.19. The number of hydrogen-bond donors (Lipinski definition) is 2. The highest BCUT2D eigenvalue weighted by atomic mass is 32.1. The van der Waals surface area contributed by atoms with E-state index >= 15 is 0 Å². The van der Waals surface area contributed by atoms with Gasteiger partial charge in [0.25, 0.3) is 0 Å². The van der Waals surface area contributed by atoms with Crippen molar-refractivity contribution in [2.45, 2.75) is 19.3 Å². The molecule has 1 saturated carbocycles. The summed E-state index contributed by atoms with van der Waals surface area (Å²) in [4.78, 5) is -0.132. The van der Waals surface area contributed by atoms with Gasteiger partial charge >= 0.3 is 0 Å². The van der Waals surface area contributed by atoms with Gasteiger partial charge in [-0.05, 0) is 30.9 Å². The van der Waals surface area contributed by atoms with Gasteiger partial charge in [-0.1, -0.05) is 18.6 Å². The van der Waals surface area contributed by atoms with Gasteiger partial charge in [-0.3, -0.25) is 0 Å². The van der Waals surface area contributed by atoms with Gasteiger partial charge in [0.05, 0.1) is 5.69 Å². The van der Waals surface area contributed by atoms with Gasteiger partial charge in [0, 0.05) is 12.1 Å². The van der Waals surface area contributed by atoms with Crippen LogP contribution in [-0.2, 0) is 0 Å². The van der Waals surface area contributed by atoms with Crippen molar-refractivity contribution in [3.63, 3.8) is 0 Å². The van der Waals surface area contributed by atoms with Gasteiger partial charge in [-0.2, -0.15) is 0 Å². The van der Waals surface area contributed by atoms with Crippen LogP contribution >= 0.6 is 12.2 Å². The Balaban J connectivity index is 2.12. The molecule has 0 amide bonds. The number of nitrogens with one attached hydrogen (secondary N) is 1. The van der Waals surface area contributed by atoms with Crippen LogP contribution in [0.25, 0.3) is 0 Å². The molecule has 2 rings (SSSR count). The number of hydrogen-bond acceptors (Lipinski definition) is 2. The maximum absolute atomic E-state index is 13.6. The molecule has 1 fully saturated rings. The van der Waals surface area contributed by atoms with Crippen LogP contribution in [0.3, 0.4) is 0 Å². The van der Waals surface area contributed by atoms with Crippen LogP contribution in [0.4, 0.5) is 14.5 Å². The molecule has 0 saturated heterocycles. The van der Waals surface area contributed by atoms with E-state index in [0.29, 0.717) is 12.5 Å². The standard InChI is InChI=1S/C12H14F2N2S/c13-10-8(12(15)17)4-5-9(11(10)14)16-6-7-2-1-3-7/h4-5,7,16H,1-3,6H2,(H2,15,17). The minimum Gasteiger partial charge on any atom is -0.389 e. The first-order valence-electron chi connectivity index (χ1n) is 5.61. The van der Waals surface area contributed by atoms with Crippen molar-refractivity contribution in [1.29, 1.82) is 0 Å². The third-order valence-electron chi connectivity index (χ3n) is 3.15. The fourth-order valence-corrected chi connectivity index (χ4v) is 1.99. The SMILES string of the molecule is NC(=S)c1ccc(NCC2CCC2)c(F)c1F. The topological polar surface area (TPSA) is 38.0 Å². The van der Waals surface area contributed by atoms with Crippen LogP contribution in [0, 0.1) is 17.6 Å². The minimum absolute atomic E-state index is 0.0494. The normalized spacial score (nSPS) is 15.4. The van der Waals surface area contributed by atoms with Crippen molar-refractivity contribution in [3.05, 3.63) is 29.3 Å². The second-order valence-corrected chi connectivity index (χ2v) is 4.77. The average molecular weight is 256 g/mol. The van der Waals surface area contributed by atoms with Gasteiger partial charge in [0.2, 0.25) is 0 Å². The largest absolute Gasteiger partial charge is 0.389 e. The smallest absolute Gasteiger partial charge is 0.182 e. The summed E-state index contributed by atoms with van der Waals surface area (Å²) in [6.45, 7) is 0.683. The molecule has 0 radical (unpaired) electrons. The Morgan fingerprint density at radius 1 is 1.35 bits per heavy atom. The van der Waals surface area contributed by atoms with Gasteiger partial charge in [0.15, 0.2) is 11.6 Å². The monoisotopic (exact) mass is 256 g/mol. The highest BCUT2D eigenvalue weighted by molar-refractivity contribution is 7.80. The number of benzene rings is 1. The highest BCUT2D eigenvalue weighted by Crippen LogP contribution is 2.27. The van der Waals surface area contributed by atoms with Crippen molar-refractivity contribution >= 4 is 22.9 Å². The lowest BCUT2D eigenvalue weighted by Gasteiger charge is -2.26. The molecule has 0 aromatic heterocycles. The van der Waals surface area contributed by atoms with E-state index in [1.165, 1.54) is 18.6 Å². The Morgan fingerprint density at radius 3 is 2.59 bits per heavy atom. The number of rotatable bonds is 4. The van der Waals surface area contributed by atoms with Gasteiger partial charge in [0.1, 0.15) is 4.99 Å². The molecule has 0 bridgehead atoms. The van der Waals surface area contributed by atoms with E-state index in [9.17, 15) is 8.78 Å². The maximum atomic E-state index is 13.6. The average Bonchev–Trinajstić information content (AvgIpc) is 2.21. The molecule has 2 nitrogen and oxygen atoms in total. The lowest BCUT2D eigenvalue weighted by atomic mass is 9.85. The van der Waals surface area contributed by atoms with E-state index < -0.39 is 11.6 Å². The van der Waals surface area contributed by atoms with E-state index in [-0.39, 0.29) is 16.2 Å². The van der Waals surface area contributed by atoms with E-state index in [1.54, 1.807) is 0 Å². The van der Waals surface area contributed by atoms with Crippen LogP contribution in [0.1, 0.15) is 24.8 Å². The van der Waals surface area contributed by atoms with Crippen molar-refractivity contribution in [1.82, 2.24) is 0 Å². The molecule has 1 aromatic rings. The Kier molecular flexibility index (Phi) is 3.57. The predicted molar refractivity (Wildman–Crippen MR) is 68.1 cm³/mol. The Bertz CT molecular complexity index is 444. The summed E-state index contributed by atoms with van der Waals surface area (Å²) in [5.74, 6) is -1.31. The molecule has 92 valence electrons. The Labute approximate surface area is 104 Å². The molecule has 0 atom stereocenters. The van der Waals surface area contributed by atoms with E-state index in [1.807, 2.05) is 0 Å². The molecule has 1 aliphatic rings. The quantitative estimate of drug-likeness (QED) is 0.814. The molecular weight excluding hydrogens is 242 g/mol. The lowest BCUT2D eigenvalue weighted by Crippen LogP contribution is -2.22. The van der Waals surface area contributed by atoms with E-state index in [2.05, 4.69) is 17.5 Å². The van der Waals surface area contributed by atoms with Crippen LogP contribution in [-0.4, -0.2) is 11.5 Å². The second-order valence-electron chi connectivity index (χ2n) is 4.33. The third kappa shape index (κ3) is 2.54. The molecule has 1 aliphatic carbocycles. The third-order valence-corrected chi connectivity index (χ3v) is 3.37. The van der Waals surface area contributed by atoms with Gasteiger partial charge < -0.3 is 11.1 Å². The number of halogens is 2. The molecule has 0 spiro atoms. The second kappa shape index (κ2) is 4.96. The van der Waals surface area contributed by atoms with Gasteiger partial charge in [-0.15, -0.1) is 0 Å². The molecule has 0 unspecified atom stereocenters. The summed E-state index contributed by atoms with van der Waals surface area (Å²) >= 11 is 4.64. The zero-order chi connectivity index (χ0) is 12.4. The number of nitrogens with two attached hydrogens (primary N) is 1. The van der Waals surface area contributed by atoms with Crippen molar-refractivity contribution < 1.29 is 8.78 Å². The Morgan fingerprint density at radius 2 is 2.06 bits per heavy atom.